The molecular weight excluding hydrogens is 330 g/mol. The number of carbonyl (C=O) groups is 2. The standard InChI is InChI=1S/C18H16ClNO4/c1-18(2)17(23)20(14-9-13(19)7-8-15(14)24-18)10-11-3-5-12(6-4-11)16(21)22/h3-9H,10H2,1-2H3,(H,21,22). The highest BCUT2D eigenvalue weighted by Gasteiger charge is 2.40. The molecule has 0 saturated carbocycles. The number of ether oxygens (including phenoxy) is 1. The number of benzene rings is 2. The van der Waals surface area contributed by atoms with E-state index in [1.165, 1.54) is 12.1 Å². The molecule has 0 spiro atoms. The van der Waals surface area contributed by atoms with Gasteiger partial charge in [-0.3, -0.25) is 4.79 Å². The predicted octanol–water partition coefficient (Wildman–Crippen LogP) is 3.74. The van der Waals surface area contributed by atoms with Crippen LogP contribution in [0.1, 0.15) is 29.8 Å². The normalized spacial score (nSPS) is 15.6. The molecule has 0 atom stereocenters. The van der Waals surface area contributed by atoms with E-state index in [1.54, 1.807) is 49.1 Å². The Morgan fingerprint density at radius 2 is 1.88 bits per heavy atom. The monoisotopic (exact) mass is 345 g/mol. The number of fused-ring (bicyclic) bond motifs is 1. The highest BCUT2D eigenvalue weighted by molar-refractivity contribution is 6.31. The number of amides is 1. The SMILES string of the molecule is CC1(C)Oc2ccc(Cl)cc2N(Cc2ccc(C(=O)O)cc2)C1=O. The van der Waals surface area contributed by atoms with Crippen molar-refractivity contribution in [3.8, 4) is 5.75 Å². The molecule has 2 aromatic rings. The van der Waals surface area contributed by atoms with Gasteiger partial charge in [-0.05, 0) is 49.7 Å². The van der Waals surface area contributed by atoms with Crippen LogP contribution in [0.5, 0.6) is 5.75 Å². The maximum absolute atomic E-state index is 12.8. The molecule has 1 heterocycles. The van der Waals surface area contributed by atoms with Gasteiger partial charge in [0.1, 0.15) is 5.75 Å². The molecule has 3 rings (SSSR count). The van der Waals surface area contributed by atoms with Crippen molar-refractivity contribution in [2.45, 2.75) is 26.0 Å². The van der Waals surface area contributed by atoms with Crippen LogP contribution < -0.4 is 9.64 Å². The van der Waals surface area contributed by atoms with E-state index in [-0.39, 0.29) is 11.5 Å². The lowest BCUT2D eigenvalue weighted by atomic mass is 10.0. The number of nitrogens with zero attached hydrogens (tertiary/aromatic N) is 1. The number of rotatable bonds is 3. The van der Waals surface area contributed by atoms with Gasteiger partial charge in [0.15, 0.2) is 5.60 Å². The van der Waals surface area contributed by atoms with Gasteiger partial charge in [0, 0.05) is 5.02 Å². The van der Waals surface area contributed by atoms with Gasteiger partial charge in [0.25, 0.3) is 5.91 Å². The smallest absolute Gasteiger partial charge is 0.335 e. The Balaban J connectivity index is 1.98. The quantitative estimate of drug-likeness (QED) is 0.920. The Morgan fingerprint density at radius 1 is 1.21 bits per heavy atom. The van der Waals surface area contributed by atoms with Gasteiger partial charge in [0.2, 0.25) is 0 Å². The molecule has 6 heteroatoms. The van der Waals surface area contributed by atoms with Crippen molar-refractivity contribution < 1.29 is 19.4 Å². The summed E-state index contributed by atoms with van der Waals surface area (Å²) in [5.41, 5.74) is 0.643. The van der Waals surface area contributed by atoms with Crippen molar-refractivity contribution in [1.82, 2.24) is 0 Å². The number of hydrogen-bond donors (Lipinski definition) is 1. The fourth-order valence-electron chi connectivity index (χ4n) is 2.63. The van der Waals surface area contributed by atoms with Crippen LogP contribution in [0.15, 0.2) is 42.5 Å². The van der Waals surface area contributed by atoms with Gasteiger partial charge in [-0.1, -0.05) is 23.7 Å². The zero-order valence-electron chi connectivity index (χ0n) is 13.2. The summed E-state index contributed by atoms with van der Waals surface area (Å²) < 4.78 is 5.78. The topological polar surface area (TPSA) is 66.8 Å². The highest BCUT2D eigenvalue weighted by atomic mass is 35.5. The van der Waals surface area contributed by atoms with E-state index in [2.05, 4.69) is 0 Å². The number of carboxylic acids is 1. The first-order valence-electron chi connectivity index (χ1n) is 7.41. The summed E-state index contributed by atoms with van der Waals surface area (Å²) in [5, 5.41) is 9.48. The molecule has 24 heavy (non-hydrogen) atoms. The Hall–Kier alpha value is -2.53. The lowest BCUT2D eigenvalue weighted by molar-refractivity contribution is -0.132. The lowest BCUT2D eigenvalue weighted by Crippen LogP contribution is -2.52. The summed E-state index contributed by atoms with van der Waals surface area (Å²) in [7, 11) is 0. The summed E-state index contributed by atoms with van der Waals surface area (Å²) in [6, 6.07) is 11.6. The fourth-order valence-corrected chi connectivity index (χ4v) is 2.80. The van der Waals surface area contributed by atoms with Crippen LogP contribution in [0.2, 0.25) is 5.02 Å². The number of carboxylic acid groups (broad SMARTS) is 1. The second kappa shape index (κ2) is 5.83. The summed E-state index contributed by atoms with van der Waals surface area (Å²) in [5.74, 6) is -0.576. The average molecular weight is 346 g/mol. The number of halogens is 1. The second-order valence-corrected chi connectivity index (χ2v) is 6.55. The fraction of sp³-hybridized carbons (Fsp3) is 0.222. The average Bonchev–Trinajstić information content (AvgIpc) is 2.53. The van der Waals surface area contributed by atoms with E-state index in [0.717, 1.165) is 5.56 Å². The van der Waals surface area contributed by atoms with Crippen molar-refractivity contribution in [2.24, 2.45) is 0 Å². The minimum atomic E-state index is -0.984. The molecule has 1 aliphatic heterocycles. The summed E-state index contributed by atoms with van der Waals surface area (Å²) in [4.78, 5) is 25.3. The summed E-state index contributed by atoms with van der Waals surface area (Å²) in [6.07, 6.45) is 0. The molecule has 0 bridgehead atoms. The summed E-state index contributed by atoms with van der Waals surface area (Å²) in [6.45, 7) is 3.74. The van der Waals surface area contributed by atoms with Crippen LogP contribution >= 0.6 is 11.6 Å². The number of anilines is 1. The first-order valence-corrected chi connectivity index (χ1v) is 7.78. The molecular formula is C18H16ClNO4. The van der Waals surface area contributed by atoms with Gasteiger partial charge in [0.05, 0.1) is 17.8 Å². The van der Waals surface area contributed by atoms with E-state index in [1.807, 2.05) is 0 Å². The highest BCUT2D eigenvalue weighted by Crippen LogP contribution is 2.40. The van der Waals surface area contributed by atoms with Crippen molar-refractivity contribution in [2.75, 3.05) is 4.90 Å². The van der Waals surface area contributed by atoms with Crippen LogP contribution in [0.3, 0.4) is 0 Å². The molecule has 0 radical (unpaired) electrons. The largest absolute Gasteiger partial charge is 0.478 e. The molecule has 2 aromatic carbocycles. The van der Waals surface area contributed by atoms with Crippen LogP contribution in [0.25, 0.3) is 0 Å². The van der Waals surface area contributed by atoms with Crippen molar-refractivity contribution >= 4 is 29.2 Å². The Morgan fingerprint density at radius 3 is 2.50 bits per heavy atom. The van der Waals surface area contributed by atoms with Gasteiger partial charge in [-0.25, -0.2) is 4.79 Å². The van der Waals surface area contributed by atoms with Crippen LogP contribution in [0, 0.1) is 0 Å². The molecule has 124 valence electrons. The molecule has 0 aliphatic carbocycles. The molecule has 0 fully saturated rings. The van der Waals surface area contributed by atoms with E-state index >= 15 is 0 Å². The van der Waals surface area contributed by atoms with Crippen molar-refractivity contribution in [3.63, 3.8) is 0 Å². The van der Waals surface area contributed by atoms with Gasteiger partial charge >= 0.3 is 5.97 Å². The van der Waals surface area contributed by atoms with Gasteiger partial charge in [-0.2, -0.15) is 0 Å². The third kappa shape index (κ3) is 2.95. The first kappa shape index (κ1) is 16.3. The minimum Gasteiger partial charge on any atom is -0.478 e. The van der Waals surface area contributed by atoms with Crippen molar-refractivity contribution in [3.05, 3.63) is 58.6 Å². The molecule has 1 N–H and O–H groups in total. The van der Waals surface area contributed by atoms with Gasteiger partial charge in [-0.15, -0.1) is 0 Å². The van der Waals surface area contributed by atoms with Crippen LogP contribution in [0.4, 0.5) is 5.69 Å². The molecule has 1 amide bonds. The Bertz CT molecular complexity index is 814. The zero-order valence-corrected chi connectivity index (χ0v) is 14.0. The van der Waals surface area contributed by atoms with Crippen LogP contribution in [-0.2, 0) is 11.3 Å². The van der Waals surface area contributed by atoms with E-state index in [9.17, 15) is 9.59 Å². The second-order valence-electron chi connectivity index (χ2n) is 6.12. The Labute approximate surface area is 144 Å². The zero-order chi connectivity index (χ0) is 17.5. The van der Waals surface area contributed by atoms with E-state index in [0.29, 0.717) is 23.0 Å². The molecule has 0 unspecified atom stereocenters. The Kier molecular flexibility index (Phi) is 3.97. The first-order chi connectivity index (χ1) is 11.3. The maximum Gasteiger partial charge on any atom is 0.335 e. The molecule has 1 aliphatic rings. The lowest BCUT2D eigenvalue weighted by Gasteiger charge is -2.39. The number of hydrogen-bond acceptors (Lipinski definition) is 3. The van der Waals surface area contributed by atoms with Crippen LogP contribution in [-0.4, -0.2) is 22.6 Å². The molecule has 0 aromatic heterocycles. The third-order valence-corrected chi connectivity index (χ3v) is 4.11. The molecule has 5 nitrogen and oxygen atoms in total. The number of aromatic carboxylic acids is 1. The molecule has 0 saturated heterocycles. The predicted molar refractivity (Wildman–Crippen MR) is 90.8 cm³/mol. The van der Waals surface area contributed by atoms with Crippen molar-refractivity contribution in [1.29, 1.82) is 0 Å². The third-order valence-electron chi connectivity index (χ3n) is 3.88. The van der Waals surface area contributed by atoms with E-state index < -0.39 is 11.6 Å². The van der Waals surface area contributed by atoms with Gasteiger partial charge < -0.3 is 14.7 Å². The number of carbonyl (C=O) groups excluding carboxylic acids is 1. The summed E-state index contributed by atoms with van der Waals surface area (Å²) >= 11 is 6.06. The minimum absolute atomic E-state index is 0.181. The van der Waals surface area contributed by atoms with E-state index in [4.69, 9.17) is 21.4 Å². The maximum atomic E-state index is 12.8.